The lowest BCUT2D eigenvalue weighted by atomic mass is 10.1. The number of morpholine rings is 1. The van der Waals surface area contributed by atoms with Crippen LogP contribution in [0.25, 0.3) is 0 Å². The van der Waals surface area contributed by atoms with Crippen molar-refractivity contribution in [3.05, 3.63) is 59.8 Å². The van der Waals surface area contributed by atoms with Crippen LogP contribution < -0.4 is 15.5 Å². The number of aryl methyl sites for hydroxylation is 1. The predicted octanol–water partition coefficient (Wildman–Crippen LogP) is 3.81. The third-order valence-electron chi connectivity index (χ3n) is 4.93. The molecule has 2 aromatic carbocycles. The molecule has 1 aromatic heterocycles. The second-order valence-corrected chi connectivity index (χ2v) is 6.78. The first kappa shape index (κ1) is 18.2. The fourth-order valence-corrected chi connectivity index (χ4v) is 3.22. The van der Waals surface area contributed by atoms with Crippen LogP contribution >= 0.6 is 0 Å². The highest BCUT2D eigenvalue weighted by Gasteiger charge is 2.15. The van der Waals surface area contributed by atoms with Crippen LogP contribution in [0.2, 0.25) is 0 Å². The van der Waals surface area contributed by atoms with Gasteiger partial charge in [0.2, 0.25) is 5.95 Å². The topological polar surface area (TPSA) is 75.2 Å². The maximum absolute atomic E-state index is 5.46. The van der Waals surface area contributed by atoms with E-state index >= 15 is 0 Å². The van der Waals surface area contributed by atoms with Crippen molar-refractivity contribution in [3.8, 4) is 0 Å². The minimum Gasteiger partial charge on any atom is -0.378 e. The molecule has 7 nitrogen and oxygen atoms in total. The molecule has 144 valence electrons. The molecular formula is C21H24N6O. The minimum atomic E-state index is 0.455. The minimum absolute atomic E-state index is 0.455. The Morgan fingerprint density at radius 1 is 0.929 bits per heavy atom. The molecule has 2 N–H and O–H groups in total. The summed E-state index contributed by atoms with van der Waals surface area (Å²) in [7, 11) is 0. The fourth-order valence-electron chi connectivity index (χ4n) is 3.22. The number of hydrogen-bond donors (Lipinski definition) is 2. The molecule has 0 saturated carbocycles. The van der Waals surface area contributed by atoms with Gasteiger partial charge in [-0.25, -0.2) is 0 Å². The Bertz CT molecular complexity index is 955. The molecule has 1 fully saturated rings. The van der Waals surface area contributed by atoms with Crippen LogP contribution in [0.4, 0.5) is 28.8 Å². The van der Waals surface area contributed by atoms with Gasteiger partial charge in [0, 0.05) is 18.8 Å². The average Bonchev–Trinajstić information content (AvgIpc) is 2.73. The molecule has 0 aliphatic carbocycles. The van der Waals surface area contributed by atoms with Crippen LogP contribution in [0, 0.1) is 13.8 Å². The van der Waals surface area contributed by atoms with E-state index in [0.29, 0.717) is 11.8 Å². The van der Waals surface area contributed by atoms with Crippen molar-refractivity contribution in [2.75, 3.05) is 41.8 Å². The Kier molecular flexibility index (Phi) is 5.34. The monoisotopic (exact) mass is 376 g/mol. The van der Waals surface area contributed by atoms with Gasteiger partial charge in [0.25, 0.3) is 0 Å². The van der Waals surface area contributed by atoms with Gasteiger partial charge in [-0.05, 0) is 43.2 Å². The smallest absolute Gasteiger partial charge is 0.249 e. The number of ether oxygens (including phenoxy) is 1. The van der Waals surface area contributed by atoms with Gasteiger partial charge in [-0.15, -0.1) is 5.10 Å². The zero-order chi connectivity index (χ0) is 19.3. The number of benzene rings is 2. The summed E-state index contributed by atoms with van der Waals surface area (Å²) in [6.45, 7) is 7.39. The molecule has 0 unspecified atom stereocenters. The van der Waals surface area contributed by atoms with Gasteiger partial charge >= 0.3 is 0 Å². The first-order chi connectivity index (χ1) is 13.7. The van der Waals surface area contributed by atoms with Crippen molar-refractivity contribution < 1.29 is 4.74 Å². The van der Waals surface area contributed by atoms with E-state index in [1.807, 2.05) is 30.3 Å². The summed E-state index contributed by atoms with van der Waals surface area (Å²) in [4.78, 5) is 6.88. The number of aromatic nitrogens is 3. The van der Waals surface area contributed by atoms with E-state index < -0.39 is 0 Å². The lowest BCUT2D eigenvalue weighted by Gasteiger charge is -2.30. The molecular weight excluding hydrogens is 352 g/mol. The molecule has 0 amide bonds. The van der Waals surface area contributed by atoms with Crippen LogP contribution in [-0.2, 0) is 4.74 Å². The third kappa shape index (κ3) is 4.04. The molecule has 0 bridgehead atoms. The zero-order valence-electron chi connectivity index (χ0n) is 16.1. The van der Waals surface area contributed by atoms with E-state index in [1.54, 1.807) is 6.20 Å². The predicted molar refractivity (Wildman–Crippen MR) is 112 cm³/mol. The van der Waals surface area contributed by atoms with E-state index in [1.165, 1.54) is 11.1 Å². The molecule has 1 aliphatic heterocycles. The summed E-state index contributed by atoms with van der Waals surface area (Å²) in [5, 5.41) is 14.9. The van der Waals surface area contributed by atoms with Crippen LogP contribution in [0.3, 0.4) is 0 Å². The summed E-state index contributed by atoms with van der Waals surface area (Å²) < 4.78 is 5.46. The summed E-state index contributed by atoms with van der Waals surface area (Å²) in [5.74, 6) is 1.10. The number of rotatable bonds is 5. The van der Waals surface area contributed by atoms with Gasteiger partial charge in [-0.2, -0.15) is 10.1 Å². The van der Waals surface area contributed by atoms with Crippen molar-refractivity contribution in [3.63, 3.8) is 0 Å². The molecule has 0 spiro atoms. The van der Waals surface area contributed by atoms with Crippen LogP contribution in [0.15, 0.2) is 48.7 Å². The summed E-state index contributed by atoms with van der Waals surface area (Å²) in [6, 6.07) is 14.3. The summed E-state index contributed by atoms with van der Waals surface area (Å²) in [5.41, 5.74) is 5.50. The highest BCUT2D eigenvalue weighted by molar-refractivity contribution is 5.74. The average molecular weight is 376 g/mol. The Balaban J connectivity index is 1.55. The van der Waals surface area contributed by atoms with Gasteiger partial charge in [0.15, 0.2) is 5.82 Å². The van der Waals surface area contributed by atoms with Crippen molar-refractivity contribution in [1.82, 2.24) is 15.2 Å². The van der Waals surface area contributed by atoms with Gasteiger partial charge in [-0.3, -0.25) is 0 Å². The molecule has 1 aliphatic rings. The quantitative estimate of drug-likeness (QED) is 0.701. The van der Waals surface area contributed by atoms with E-state index in [2.05, 4.69) is 56.7 Å². The van der Waals surface area contributed by atoms with E-state index in [-0.39, 0.29) is 0 Å². The largest absolute Gasteiger partial charge is 0.378 e. The van der Waals surface area contributed by atoms with E-state index in [4.69, 9.17) is 4.74 Å². The van der Waals surface area contributed by atoms with Gasteiger partial charge < -0.3 is 20.3 Å². The Morgan fingerprint density at radius 3 is 2.57 bits per heavy atom. The maximum atomic E-state index is 5.46. The standard InChI is InChI=1S/C21H24N6O/c1-15-6-5-8-17(16(15)2)23-20-14-22-26-21(25-20)24-18-7-3-4-9-19(18)27-10-12-28-13-11-27/h3-9,14H,10-13H2,1-2H3,(H2,23,24,25,26). The van der Waals surface area contributed by atoms with Crippen molar-refractivity contribution in [1.29, 1.82) is 0 Å². The Morgan fingerprint density at radius 2 is 1.71 bits per heavy atom. The summed E-state index contributed by atoms with van der Waals surface area (Å²) >= 11 is 0. The number of para-hydroxylation sites is 2. The number of hydrogen-bond acceptors (Lipinski definition) is 7. The number of anilines is 5. The zero-order valence-corrected chi connectivity index (χ0v) is 16.1. The molecule has 0 atom stereocenters. The van der Waals surface area contributed by atoms with Crippen LogP contribution in [-0.4, -0.2) is 41.5 Å². The number of nitrogens with one attached hydrogen (secondary N) is 2. The lowest BCUT2D eigenvalue weighted by molar-refractivity contribution is 0.123. The van der Waals surface area contributed by atoms with Crippen molar-refractivity contribution >= 4 is 28.8 Å². The second-order valence-electron chi connectivity index (χ2n) is 6.78. The fraction of sp³-hybridized carbons (Fsp3) is 0.286. The normalized spacial score (nSPS) is 14.0. The van der Waals surface area contributed by atoms with Gasteiger partial charge in [-0.1, -0.05) is 24.3 Å². The molecule has 0 radical (unpaired) electrons. The highest BCUT2D eigenvalue weighted by Crippen LogP contribution is 2.28. The van der Waals surface area contributed by atoms with Gasteiger partial charge in [0.1, 0.15) is 0 Å². The second kappa shape index (κ2) is 8.22. The van der Waals surface area contributed by atoms with Crippen LogP contribution in [0.1, 0.15) is 11.1 Å². The van der Waals surface area contributed by atoms with Crippen LogP contribution in [0.5, 0.6) is 0 Å². The van der Waals surface area contributed by atoms with Gasteiger partial charge in [0.05, 0.1) is 30.8 Å². The number of nitrogens with zero attached hydrogens (tertiary/aromatic N) is 4. The first-order valence-corrected chi connectivity index (χ1v) is 9.42. The molecule has 2 heterocycles. The molecule has 3 aromatic rings. The Hall–Kier alpha value is -3.19. The van der Waals surface area contributed by atoms with E-state index in [9.17, 15) is 0 Å². The third-order valence-corrected chi connectivity index (χ3v) is 4.93. The summed E-state index contributed by atoms with van der Waals surface area (Å²) in [6.07, 6.45) is 1.63. The molecule has 28 heavy (non-hydrogen) atoms. The van der Waals surface area contributed by atoms with Crippen molar-refractivity contribution in [2.24, 2.45) is 0 Å². The van der Waals surface area contributed by atoms with E-state index in [0.717, 1.165) is 43.4 Å². The SMILES string of the molecule is Cc1cccc(Nc2cnnc(Nc3ccccc3N3CCOCC3)n2)c1C. The van der Waals surface area contributed by atoms with Crippen molar-refractivity contribution in [2.45, 2.75) is 13.8 Å². The maximum Gasteiger partial charge on any atom is 0.249 e. The molecule has 4 rings (SSSR count). The molecule has 7 heteroatoms. The Labute approximate surface area is 164 Å². The highest BCUT2D eigenvalue weighted by atomic mass is 16.5. The first-order valence-electron chi connectivity index (χ1n) is 9.42. The lowest BCUT2D eigenvalue weighted by Crippen LogP contribution is -2.36. The molecule has 1 saturated heterocycles.